The third-order valence-electron chi connectivity index (χ3n) is 2.21. The molecular weight excluding hydrogens is 234 g/mol. The third kappa shape index (κ3) is 4.00. The van der Waals surface area contributed by atoms with Gasteiger partial charge in [0.1, 0.15) is 5.75 Å². The minimum Gasteiger partial charge on any atom is -0.497 e. The molecule has 0 saturated heterocycles. The summed E-state index contributed by atoms with van der Waals surface area (Å²) in [5.74, 6) is 0.832. The summed E-state index contributed by atoms with van der Waals surface area (Å²) < 4.78 is 5.16. The molecular formula is C12H15N3OS. The first kappa shape index (κ1) is 13.4. The van der Waals surface area contributed by atoms with E-state index in [1.54, 1.807) is 7.11 Å². The van der Waals surface area contributed by atoms with Gasteiger partial charge in [0.15, 0.2) is 5.17 Å². The quantitative estimate of drug-likeness (QED) is 0.468. The van der Waals surface area contributed by atoms with Crippen LogP contribution >= 0.6 is 11.8 Å². The summed E-state index contributed by atoms with van der Waals surface area (Å²) in [5, 5.41) is 9.27. The summed E-state index contributed by atoms with van der Waals surface area (Å²) in [6, 6.07) is 7.84. The van der Waals surface area contributed by atoms with Crippen LogP contribution in [0, 0.1) is 11.5 Å². The lowest BCUT2D eigenvalue weighted by atomic mass is 10.2. The third-order valence-corrected chi connectivity index (χ3v) is 2.98. The first-order valence-corrected chi connectivity index (χ1v) is 6.28. The zero-order chi connectivity index (χ0) is 12.7. The maximum atomic E-state index is 8.57. The number of nitriles is 1. The molecule has 1 aromatic rings. The second-order valence-corrected chi connectivity index (χ2v) is 4.18. The minimum absolute atomic E-state index is 0.693. The molecule has 0 atom stereocenters. The molecule has 0 fully saturated rings. The summed E-state index contributed by atoms with van der Waals surface area (Å²) >= 11 is 1.45. The van der Waals surface area contributed by atoms with E-state index in [0.717, 1.165) is 11.3 Å². The number of hydrogen-bond donors (Lipinski definition) is 0. The lowest BCUT2D eigenvalue weighted by Gasteiger charge is -2.18. The normalized spacial score (nSPS) is 10.8. The first-order chi connectivity index (χ1) is 8.21. The van der Waals surface area contributed by atoms with Crippen LogP contribution in [-0.4, -0.2) is 30.5 Å². The molecule has 0 bridgehead atoms. The summed E-state index contributed by atoms with van der Waals surface area (Å²) in [4.78, 5) is 5.69. The number of amidine groups is 1. The molecule has 0 heterocycles. The van der Waals surface area contributed by atoms with Gasteiger partial charge in [0.05, 0.1) is 7.11 Å². The van der Waals surface area contributed by atoms with Crippen LogP contribution in [0.5, 0.6) is 5.75 Å². The highest BCUT2D eigenvalue weighted by Crippen LogP contribution is 2.15. The van der Waals surface area contributed by atoms with Gasteiger partial charge >= 0.3 is 0 Å². The van der Waals surface area contributed by atoms with Crippen molar-refractivity contribution >= 4 is 16.9 Å². The molecule has 0 saturated carbocycles. The van der Waals surface area contributed by atoms with Crippen molar-refractivity contribution in [2.24, 2.45) is 4.99 Å². The topological polar surface area (TPSA) is 48.6 Å². The van der Waals surface area contributed by atoms with Gasteiger partial charge in [0.2, 0.25) is 6.19 Å². The Labute approximate surface area is 106 Å². The number of benzene rings is 1. The summed E-state index contributed by atoms with van der Waals surface area (Å²) in [6.45, 7) is 0.693. The van der Waals surface area contributed by atoms with Crippen molar-refractivity contribution in [3.05, 3.63) is 29.8 Å². The van der Waals surface area contributed by atoms with Gasteiger partial charge in [-0.25, -0.2) is 0 Å². The van der Waals surface area contributed by atoms with Crippen LogP contribution in [0.15, 0.2) is 29.3 Å². The second-order valence-electron chi connectivity index (χ2n) is 3.41. The van der Waals surface area contributed by atoms with Crippen LogP contribution in [-0.2, 0) is 6.54 Å². The van der Waals surface area contributed by atoms with E-state index in [1.807, 2.05) is 48.7 Å². The van der Waals surface area contributed by atoms with E-state index in [4.69, 9.17) is 10.00 Å². The standard InChI is InChI=1S/C12H15N3OS/c1-15(12(17-3)14-9-13)8-10-5-4-6-11(7-10)16-2/h4-7H,8H2,1-3H3. The fourth-order valence-electron chi connectivity index (χ4n) is 1.44. The van der Waals surface area contributed by atoms with E-state index in [1.165, 1.54) is 11.8 Å². The highest BCUT2D eigenvalue weighted by atomic mass is 32.2. The van der Waals surface area contributed by atoms with E-state index >= 15 is 0 Å². The monoisotopic (exact) mass is 249 g/mol. The second kappa shape index (κ2) is 6.81. The molecule has 5 heteroatoms. The summed E-state index contributed by atoms with van der Waals surface area (Å²) in [6.07, 6.45) is 3.71. The van der Waals surface area contributed by atoms with E-state index in [9.17, 15) is 0 Å². The molecule has 0 aliphatic rings. The van der Waals surface area contributed by atoms with Crippen LogP contribution < -0.4 is 4.74 Å². The van der Waals surface area contributed by atoms with Crippen LogP contribution in [0.3, 0.4) is 0 Å². The maximum Gasteiger partial charge on any atom is 0.208 e. The van der Waals surface area contributed by atoms with Crippen molar-refractivity contribution in [2.75, 3.05) is 20.4 Å². The van der Waals surface area contributed by atoms with Gasteiger partial charge in [-0.1, -0.05) is 23.9 Å². The number of hydrogen-bond acceptors (Lipinski definition) is 4. The molecule has 0 unspecified atom stereocenters. The first-order valence-electron chi connectivity index (χ1n) is 5.06. The number of nitrogens with zero attached hydrogens (tertiary/aromatic N) is 3. The number of thioether (sulfide) groups is 1. The Morgan fingerprint density at radius 2 is 2.35 bits per heavy atom. The van der Waals surface area contributed by atoms with Gasteiger partial charge in [0.25, 0.3) is 0 Å². The summed E-state index contributed by atoms with van der Waals surface area (Å²) in [5.41, 5.74) is 1.12. The largest absolute Gasteiger partial charge is 0.497 e. The number of aliphatic imine (C=N–C) groups is 1. The maximum absolute atomic E-state index is 8.57. The highest BCUT2D eigenvalue weighted by Gasteiger charge is 2.06. The van der Waals surface area contributed by atoms with E-state index in [2.05, 4.69) is 4.99 Å². The highest BCUT2D eigenvalue weighted by molar-refractivity contribution is 8.13. The number of ether oxygens (including phenoxy) is 1. The van der Waals surface area contributed by atoms with Crippen molar-refractivity contribution in [3.63, 3.8) is 0 Å². The van der Waals surface area contributed by atoms with Crippen molar-refractivity contribution < 1.29 is 4.74 Å². The smallest absolute Gasteiger partial charge is 0.208 e. The zero-order valence-electron chi connectivity index (χ0n) is 10.2. The van der Waals surface area contributed by atoms with Crippen LogP contribution in [0.25, 0.3) is 0 Å². The molecule has 0 amide bonds. The van der Waals surface area contributed by atoms with Crippen molar-refractivity contribution in [1.82, 2.24) is 4.90 Å². The lowest BCUT2D eigenvalue weighted by Crippen LogP contribution is -2.23. The van der Waals surface area contributed by atoms with Crippen LogP contribution in [0.1, 0.15) is 5.56 Å². The Bertz CT molecular complexity index is 440. The van der Waals surface area contributed by atoms with E-state index in [-0.39, 0.29) is 0 Å². The lowest BCUT2D eigenvalue weighted by molar-refractivity contribution is 0.413. The SMILES string of the molecule is COc1cccc(CN(C)C(=NC#N)SC)c1. The predicted octanol–water partition coefficient (Wildman–Crippen LogP) is 2.33. The molecule has 0 radical (unpaired) electrons. The van der Waals surface area contributed by atoms with Crippen LogP contribution in [0.4, 0.5) is 0 Å². The van der Waals surface area contributed by atoms with E-state index < -0.39 is 0 Å². The zero-order valence-corrected chi connectivity index (χ0v) is 11.0. The fraction of sp³-hybridized carbons (Fsp3) is 0.333. The molecule has 0 spiro atoms. The molecule has 90 valence electrons. The Morgan fingerprint density at radius 3 is 2.94 bits per heavy atom. The minimum atomic E-state index is 0.693. The van der Waals surface area contributed by atoms with Gasteiger partial charge in [-0.05, 0) is 24.0 Å². The van der Waals surface area contributed by atoms with Crippen molar-refractivity contribution in [3.8, 4) is 11.9 Å². The molecule has 1 aromatic carbocycles. The van der Waals surface area contributed by atoms with Gasteiger partial charge in [-0.2, -0.15) is 5.26 Å². The Balaban J connectivity index is 2.77. The molecule has 0 aromatic heterocycles. The van der Waals surface area contributed by atoms with Gasteiger partial charge in [-0.15, -0.1) is 4.99 Å². The molecule has 0 aliphatic carbocycles. The number of methoxy groups -OCH3 is 1. The van der Waals surface area contributed by atoms with Crippen LogP contribution in [0.2, 0.25) is 0 Å². The fourth-order valence-corrected chi connectivity index (χ4v) is 1.95. The Morgan fingerprint density at radius 1 is 1.59 bits per heavy atom. The van der Waals surface area contributed by atoms with Gasteiger partial charge < -0.3 is 9.64 Å². The number of rotatable bonds is 3. The van der Waals surface area contributed by atoms with Crippen molar-refractivity contribution in [1.29, 1.82) is 5.26 Å². The summed E-state index contributed by atoms with van der Waals surface area (Å²) in [7, 11) is 3.56. The van der Waals surface area contributed by atoms with Gasteiger partial charge in [-0.3, -0.25) is 0 Å². The molecule has 4 nitrogen and oxygen atoms in total. The molecule has 1 rings (SSSR count). The predicted molar refractivity (Wildman–Crippen MR) is 71.0 cm³/mol. The average molecular weight is 249 g/mol. The molecule has 0 N–H and O–H groups in total. The van der Waals surface area contributed by atoms with E-state index in [0.29, 0.717) is 11.7 Å². The molecule has 0 aliphatic heterocycles. The molecule has 17 heavy (non-hydrogen) atoms. The van der Waals surface area contributed by atoms with Gasteiger partial charge in [0, 0.05) is 13.6 Å². The Kier molecular flexibility index (Phi) is 5.37. The van der Waals surface area contributed by atoms with Crippen molar-refractivity contribution in [2.45, 2.75) is 6.54 Å². The Hall–Kier alpha value is -1.67. The average Bonchev–Trinajstić information content (AvgIpc) is 2.36.